The minimum Gasteiger partial charge on any atom is -0.338 e. The highest BCUT2D eigenvalue weighted by atomic mass is 32.1. The molecule has 1 aliphatic rings. The number of amides is 1. The van der Waals surface area contributed by atoms with Gasteiger partial charge in [0.2, 0.25) is 0 Å². The van der Waals surface area contributed by atoms with Gasteiger partial charge in [-0.3, -0.25) is 4.79 Å². The molecule has 0 radical (unpaired) electrons. The Labute approximate surface area is 198 Å². The number of halogens is 3. The molecule has 0 aliphatic carbocycles. The zero-order valence-electron chi connectivity index (χ0n) is 18.0. The molecule has 0 spiro atoms. The van der Waals surface area contributed by atoms with E-state index in [2.05, 4.69) is 6.07 Å². The van der Waals surface area contributed by atoms with E-state index in [9.17, 15) is 23.2 Å². The van der Waals surface area contributed by atoms with Crippen molar-refractivity contribution in [1.82, 2.24) is 4.90 Å². The summed E-state index contributed by atoms with van der Waals surface area (Å²) in [5.41, 5.74) is 3.96. The van der Waals surface area contributed by atoms with Crippen LogP contribution in [-0.4, -0.2) is 29.8 Å². The highest BCUT2D eigenvalue weighted by Gasteiger charge is 2.35. The Balaban J connectivity index is 1.49. The number of hydrogen-bond acceptors (Lipinski definition) is 3. The molecule has 0 bridgehead atoms. The number of alkyl halides is 2. The Morgan fingerprint density at radius 2 is 1.56 bits per heavy atom. The first kappa shape index (κ1) is 22.2. The maximum atomic E-state index is 13.5. The lowest BCUT2D eigenvalue weighted by molar-refractivity contribution is -0.0494. The van der Waals surface area contributed by atoms with Gasteiger partial charge in [-0.05, 0) is 64.5 Å². The lowest BCUT2D eigenvalue weighted by Crippen LogP contribution is -2.42. The number of benzene rings is 3. The minimum atomic E-state index is -2.70. The summed E-state index contributed by atoms with van der Waals surface area (Å²) < 4.78 is 41.3. The molecule has 34 heavy (non-hydrogen) atoms. The van der Waals surface area contributed by atoms with Crippen molar-refractivity contribution in [2.24, 2.45) is 0 Å². The fraction of sp³-hybridized carbons (Fsp3) is 0.185. The number of likely N-dealkylation sites (tertiary alicyclic amines) is 1. The van der Waals surface area contributed by atoms with Crippen LogP contribution in [0.5, 0.6) is 0 Å². The lowest BCUT2D eigenvalue weighted by Gasteiger charge is -2.31. The third kappa shape index (κ3) is 4.29. The minimum absolute atomic E-state index is 0.0463. The molecule has 170 valence electrons. The number of fused-ring (bicyclic) bond motifs is 1. The topological polar surface area (TPSA) is 44.1 Å². The number of piperidine rings is 1. The van der Waals surface area contributed by atoms with Crippen LogP contribution in [0.4, 0.5) is 13.2 Å². The number of carbonyl (C=O) groups excluding carboxylic acids is 1. The second-order valence-corrected chi connectivity index (χ2v) is 9.45. The van der Waals surface area contributed by atoms with Crippen LogP contribution in [-0.2, 0) is 0 Å². The third-order valence-corrected chi connectivity index (χ3v) is 7.22. The summed E-state index contributed by atoms with van der Waals surface area (Å²) in [5.74, 6) is -3.27. The summed E-state index contributed by atoms with van der Waals surface area (Å²) >= 11 is 1.39. The molecule has 1 aromatic heterocycles. The van der Waals surface area contributed by atoms with Crippen LogP contribution in [0.3, 0.4) is 0 Å². The third-order valence-electron chi connectivity index (χ3n) is 6.13. The number of thiophene rings is 1. The van der Waals surface area contributed by atoms with E-state index in [1.54, 1.807) is 24.3 Å². The average molecular weight is 477 g/mol. The highest BCUT2D eigenvalue weighted by molar-refractivity contribution is 7.20. The second kappa shape index (κ2) is 8.62. The van der Waals surface area contributed by atoms with E-state index >= 15 is 0 Å². The van der Waals surface area contributed by atoms with Gasteiger partial charge in [0.25, 0.3) is 11.8 Å². The van der Waals surface area contributed by atoms with Crippen molar-refractivity contribution in [1.29, 1.82) is 5.26 Å². The van der Waals surface area contributed by atoms with E-state index in [4.69, 9.17) is 0 Å². The van der Waals surface area contributed by atoms with Crippen molar-refractivity contribution in [3.05, 3.63) is 83.0 Å². The zero-order valence-corrected chi connectivity index (χ0v) is 18.8. The van der Waals surface area contributed by atoms with Gasteiger partial charge in [-0.15, -0.1) is 11.3 Å². The molecule has 5 rings (SSSR count). The largest absolute Gasteiger partial charge is 0.338 e. The number of hydrogen-bond donors (Lipinski definition) is 0. The summed E-state index contributed by atoms with van der Waals surface area (Å²) in [6.45, 7) is 0.0926. The molecule has 1 amide bonds. The average Bonchev–Trinajstić information content (AvgIpc) is 3.27. The summed E-state index contributed by atoms with van der Waals surface area (Å²) in [5, 5.41) is 10.3. The molecule has 1 fully saturated rings. The molecular weight excluding hydrogens is 457 g/mol. The Kier molecular flexibility index (Phi) is 5.62. The van der Waals surface area contributed by atoms with E-state index in [-0.39, 0.29) is 37.7 Å². The van der Waals surface area contributed by atoms with Gasteiger partial charge in [-0.25, -0.2) is 13.2 Å². The van der Waals surface area contributed by atoms with Gasteiger partial charge in [0.05, 0.1) is 0 Å². The van der Waals surface area contributed by atoms with Gasteiger partial charge in [-0.1, -0.05) is 24.3 Å². The molecule has 0 saturated carbocycles. The Bertz CT molecular complexity index is 1410. The fourth-order valence-electron chi connectivity index (χ4n) is 4.24. The van der Waals surface area contributed by atoms with Crippen LogP contribution in [0.1, 0.15) is 28.1 Å². The van der Waals surface area contributed by atoms with E-state index < -0.39 is 5.92 Å². The van der Waals surface area contributed by atoms with Gasteiger partial charge in [-0.2, -0.15) is 5.26 Å². The van der Waals surface area contributed by atoms with E-state index in [1.807, 2.05) is 30.3 Å². The monoisotopic (exact) mass is 476 g/mol. The van der Waals surface area contributed by atoms with E-state index in [1.165, 1.54) is 28.4 Å². The normalized spacial score (nSPS) is 15.3. The Morgan fingerprint density at radius 1 is 0.912 bits per heavy atom. The number of nitriles is 1. The first-order valence-corrected chi connectivity index (χ1v) is 11.7. The van der Waals surface area contributed by atoms with Crippen LogP contribution in [0.15, 0.2) is 66.7 Å². The maximum Gasteiger partial charge on any atom is 0.253 e. The summed E-state index contributed by atoms with van der Waals surface area (Å²) in [7, 11) is 0. The quantitative estimate of drug-likeness (QED) is 0.316. The molecule has 1 aliphatic heterocycles. The van der Waals surface area contributed by atoms with Crippen molar-refractivity contribution in [2.75, 3.05) is 13.1 Å². The molecule has 0 N–H and O–H groups in total. The number of rotatable bonds is 3. The van der Waals surface area contributed by atoms with Gasteiger partial charge < -0.3 is 4.90 Å². The predicted octanol–water partition coefficient (Wildman–Crippen LogP) is 7.12. The van der Waals surface area contributed by atoms with Crippen molar-refractivity contribution >= 4 is 27.3 Å². The molecule has 1 saturated heterocycles. The van der Waals surface area contributed by atoms with Crippen molar-refractivity contribution < 1.29 is 18.0 Å². The van der Waals surface area contributed by atoms with E-state index in [0.717, 1.165) is 32.3 Å². The Morgan fingerprint density at radius 3 is 2.21 bits per heavy atom. The molecule has 3 aromatic carbocycles. The first-order chi connectivity index (χ1) is 16.3. The lowest BCUT2D eigenvalue weighted by atomic mass is 9.96. The summed E-state index contributed by atoms with van der Waals surface area (Å²) in [4.78, 5) is 14.8. The molecule has 7 heteroatoms. The van der Waals surface area contributed by atoms with Crippen LogP contribution < -0.4 is 0 Å². The Hall–Kier alpha value is -3.63. The van der Waals surface area contributed by atoms with Gasteiger partial charge in [0, 0.05) is 41.8 Å². The van der Waals surface area contributed by atoms with E-state index in [0.29, 0.717) is 10.4 Å². The molecule has 3 nitrogen and oxygen atoms in total. The number of nitrogens with zero attached hydrogens (tertiary/aromatic N) is 2. The van der Waals surface area contributed by atoms with Crippen LogP contribution in [0, 0.1) is 17.1 Å². The smallest absolute Gasteiger partial charge is 0.253 e. The van der Waals surface area contributed by atoms with Gasteiger partial charge in [0.15, 0.2) is 0 Å². The first-order valence-electron chi connectivity index (χ1n) is 10.8. The summed E-state index contributed by atoms with van der Waals surface area (Å²) in [6, 6.07) is 21.3. The second-order valence-electron chi connectivity index (χ2n) is 8.40. The van der Waals surface area contributed by atoms with Crippen molar-refractivity contribution in [3.8, 4) is 28.3 Å². The highest BCUT2D eigenvalue weighted by Crippen LogP contribution is 2.39. The van der Waals surface area contributed by atoms with Crippen LogP contribution in [0.25, 0.3) is 32.3 Å². The standard InChI is InChI=1S/C27H19F3N2OS/c28-22-7-5-18(6-8-22)24-15-20(13-21-14-23(16-31)34-25(21)24)17-1-3-19(4-2-17)26(33)32-11-9-27(29,30)10-12-32/h1-8,13-15H,9-12H2. The number of carbonyl (C=O) groups is 1. The zero-order chi connectivity index (χ0) is 23.9. The van der Waals surface area contributed by atoms with Gasteiger partial charge >= 0.3 is 0 Å². The fourth-order valence-corrected chi connectivity index (χ4v) is 5.22. The molecule has 2 heterocycles. The van der Waals surface area contributed by atoms with Crippen LogP contribution in [0.2, 0.25) is 0 Å². The van der Waals surface area contributed by atoms with Crippen molar-refractivity contribution in [2.45, 2.75) is 18.8 Å². The van der Waals surface area contributed by atoms with Crippen molar-refractivity contribution in [3.63, 3.8) is 0 Å². The predicted molar refractivity (Wildman–Crippen MR) is 127 cm³/mol. The summed E-state index contributed by atoms with van der Waals surface area (Å²) in [6.07, 6.45) is -0.622. The maximum absolute atomic E-state index is 13.5. The molecule has 0 atom stereocenters. The van der Waals surface area contributed by atoms with Gasteiger partial charge in [0.1, 0.15) is 16.8 Å². The molecular formula is C27H19F3N2OS. The van der Waals surface area contributed by atoms with Crippen LogP contribution >= 0.6 is 11.3 Å². The molecule has 0 unspecified atom stereocenters. The SMILES string of the molecule is N#Cc1cc2cc(-c3ccc(C(=O)N4CCC(F)(F)CC4)cc3)cc(-c3ccc(F)cc3)c2s1. The molecule has 4 aromatic rings.